The Balaban J connectivity index is 1.95. The third-order valence-electron chi connectivity index (χ3n) is 3.80. The lowest BCUT2D eigenvalue weighted by atomic mass is 9.99. The van der Waals surface area contributed by atoms with E-state index in [1.54, 1.807) is 17.0 Å². The number of carbonyl (C=O) groups excluding carboxylic acids is 1. The molecule has 0 bridgehead atoms. The number of benzene rings is 1. The predicted molar refractivity (Wildman–Crippen MR) is 85.5 cm³/mol. The number of halogens is 2. The van der Waals surface area contributed by atoms with Crippen molar-refractivity contribution in [3.8, 4) is 0 Å². The number of amides is 1. The van der Waals surface area contributed by atoms with Crippen LogP contribution in [0.5, 0.6) is 0 Å². The Hall–Kier alpha value is -1.47. The highest BCUT2D eigenvalue weighted by Crippen LogP contribution is 2.20. The summed E-state index contributed by atoms with van der Waals surface area (Å²) in [5.41, 5.74) is 0.870. The van der Waals surface area contributed by atoms with Crippen LogP contribution in [-0.4, -0.2) is 47.7 Å². The summed E-state index contributed by atoms with van der Waals surface area (Å²) >= 11 is 3.14. The maximum absolute atomic E-state index is 13.2. The molecule has 1 aromatic carbocycles. The van der Waals surface area contributed by atoms with Crippen LogP contribution in [0.1, 0.15) is 18.9 Å². The van der Waals surface area contributed by atoms with E-state index in [-0.39, 0.29) is 24.1 Å². The third-order valence-corrected chi connectivity index (χ3v) is 4.41. The van der Waals surface area contributed by atoms with E-state index in [0.29, 0.717) is 30.6 Å². The van der Waals surface area contributed by atoms with Crippen LogP contribution in [0.3, 0.4) is 0 Å². The molecule has 0 radical (unpaired) electrons. The number of carbonyl (C=O) groups is 2. The Labute approximate surface area is 142 Å². The summed E-state index contributed by atoms with van der Waals surface area (Å²) in [6.07, 6.45) is -0.0702. The molecule has 0 aliphatic carbocycles. The molecule has 1 aromatic rings. The molecule has 1 heterocycles. The van der Waals surface area contributed by atoms with E-state index in [9.17, 15) is 14.0 Å². The zero-order chi connectivity index (χ0) is 17.0. The smallest absolute Gasteiger partial charge is 0.306 e. The van der Waals surface area contributed by atoms with Crippen molar-refractivity contribution in [2.75, 3.05) is 19.7 Å². The van der Waals surface area contributed by atoms with E-state index in [1.807, 2.05) is 6.92 Å². The van der Waals surface area contributed by atoms with Gasteiger partial charge in [-0.25, -0.2) is 4.39 Å². The summed E-state index contributed by atoms with van der Waals surface area (Å²) in [5.74, 6) is -1.58. The van der Waals surface area contributed by atoms with Crippen molar-refractivity contribution in [1.82, 2.24) is 4.90 Å². The van der Waals surface area contributed by atoms with E-state index in [0.717, 1.165) is 5.56 Å². The molecule has 1 saturated heterocycles. The van der Waals surface area contributed by atoms with E-state index < -0.39 is 12.1 Å². The minimum absolute atomic E-state index is 0.0378. The first-order valence-electron chi connectivity index (χ1n) is 7.43. The zero-order valence-electron chi connectivity index (χ0n) is 12.8. The topological polar surface area (TPSA) is 66.8 Å². The number of morpholine rings is 1. The SMILES string of the molecule is C[C@H](Cc1ccc(F)c(Br)c1)C(=O)N1CCO[C@H](CC(=O)O)C1. The van der Waals surface area contributed by atoms with Gasteiger partial charge in [-0.2, -0.15) is 0 Å². The highest BCUT2D eigenvalue weighted by Gasteiger charge is 2.28. The van der Waals surface area contributed by atoms with Gasteiger partial charge in [0, 0.05) is 19.0 Å². The van der Waals surface area contributed by atoms with Crippen LogP contribution in [0.15, 0.2) is 22.7 Å². The van der Waals surface area contributed by atoms with Gasteiger partial charge in [0.15, 0.2) is 0 Å². The minimum atomic E-state index is -0.937. The number of rotatable bonds is 5. The summed E-state index contributed by atoms with van der Waals surface area (Å²) in [7, 11) is 0. The fourth-order valence-electron chi connectivity index (χ4n) is 2.66. The van der Waals surface area contributed by atoms with Crippen molar-refractivity contribution in [3.63, 3.8) is 0 Å². The highest BCUT2D eigenvalue weighted by atomic mass is 79.9. The summed E-state index contributed by atoms with van der Waals surface area (Å²) in [5, 5.41) is 8.82. The number of carboxylic acid groups (broad SMARTS) is 1. The van der Waals surface area contributed by atoms with Crippen LogP contribution in [-0.2, 0) is 20.7 Å². The van der Waals surface area contributed by atoms with Gasteiger partial charge in [-0.3, -0.25) is 9.59 Å². The van der Waals surface area contributed by atoms with Crippen molar-refractivity contribution in [2.45, 2.75) is 25.9 Å². The number of hydrogen-bond acceptors (Lipinski definition) is 3. The summed E-state index contributed by atoms with van der Waals surface area (Å²) in [4.78, 5) is 24.9. The Kier molecular flexibility index (Phi) is 6.12. The van der Waals surface area contributed by atoms with Gasteiger partial charge in [0.1, 0.15) is 5.82 Å². The highest BCUT2D eigenvalue weighted by molar-refractivity contribution is 9.10. The van der Waals surface area contributed by atoms with Crippen LogP contribution >= 0.6 is 15.9 Å². The van der Waals surface area contributed by atoms with Crippen molar-refractivity contribution in [2.24, 2.45) is 5.92 Å². The van der Waals surface area contributed by atoms with Crippen LogP contribution in [0.25, 0.3) is 0 Å². The normalized spacial score (nSPS) is 19.4. The lowest BCUT2D eigenvalue weighted by molar-refractivity contribution is -0.149. The van der Waals surface area contributed by atoms with E-state index in [4.69, 9.17) is 9.84 Å². The van der Waals surface area contributed by atoms with Gasteiger partial charge in [0.05, 0.1) is 23.6 Å². The third kappa shape index (κ3) is 5.00. The largest absolute Gasteiger partial charge is 0.481 e. The van der Waals surface area contributed by atoms with E-state index >= 15 is 0 Å². The van der Waals surface area contributed by atoms with Gasteiger partial charge in [0.2, 0.25) is 5.91 Å². The Morgan fingerprint density at radius 2 is 2.26 bits per heavy atom. The standard InChI is InChI=1S/C16H19BrFNO4/c1-10(6-11-2-3-14(18)13(17)7-11)16(22)19-4-5-23-12(9-19)8-15(20)21/h2-3,7,10,12H,4-6,8-9H2,1H3,(H,20,21)/t10-,12-/m1/s1. The van der Waals surface area contributed by atoms with Crippen LogP contribution < -0.4 is 0 Å². The maximum atomic E-state index is 13.2. The van der Waals surface area contributed by atoms with Gasteiger partial charge in [0.25, 0.3) is 0 Å². The van der Waals surface area contributed by atoms with Gasteiger partial charge in [-0.05, 0) is 40.0 Å². The molecule has 1 N–H and O–H groups in total. The van der Waals surface area contributed by atoms with Gasteiger partial charge in [-0.15, -0.1) is 0 Å². The molecule has 2 atom stereocenters. The van der Waals surface area contributed by atoms with E-state index in [1.165, 1.54) is 6.07 Å². The Bertz CT molecular complexity index is 595. The van der Waals surface area contributed by atoms with Gasteiger partial charge in [-0.1, -0.05) is 13.0 Å². The molecule has 0 unspecified atom stereocenters. The Morgan fingerprint density at radius 3 is 2.91 bits per heavy atom. The second kappa shape index (κ2) is 7.88. The lowest BCUT2D eigenvalue weighted by Gasteiger charge is -2.34. The fourth-order valence-corrected chi connectivity index (χ4v) is 3.08. The molecule has 1 amide bonds. The van der Waals surface area contributed by atoms with Crippen molar-refractivity contribution >= 4 is 27.8 Å². The predicted octanol–water partition coefficient (Wildman–Crippen LogP) is 2.47. The molecule has 1 aliphatic heterocycles. The van der Waals surface area contributed by atoms with Crippen molar-refractivity contribution in [1.29, 1.82) is 0 Å². The first-order valence-corrected chi connectivity index (χ1v) is 8.22. The van der Waals surface area contributed by atoms with Crippen LogP contribution in [0.2, 0.25) is 0 Å². The average molecular weight is 388 g/mol. The second-order valence-corrected chi connectivity index (χ2v) is 6.58. The quantitative estimate of drug-likeness (QED) is 0.842. The number of hydrogen-bond donors (Lipinski definition) is 1. The molecule has 2 rings (SSSR count). The van der Waals surface area contributed by atoms with Gasteiger partial charge >= 0.3 is 5.97 Å². The first kappa shape index (κ1) is 17.9. The summed E-state index contributed by atoms with van der Waals surface area (Å²) in [6.45, 7) is 2.93. The lowest BCUT2D eigenvalue weighted by Crippen LogP contribution is -2.48. The monoisotopic (exact) mass is 387 g/mol. The Morgan fingerprint density at radius 1 is 1.52 bits per heavy atom. The number of carboxylic acids is 1. The number of aliphatic carboxylic acids is 1. The van der Waals surface area contributed by atoms with Crippen molar-refractivity contribution < 1.29 is 23.8 Å². The molecule has 0 aromatic heterocycles. The van der Waals surface area contributed by atoms with Crippen LogP contribution in [0, 0.1) is 11.7 Å². The van der Waals surface area contributed by atoms with Gasteiger partial charge < -0.3 is 14.7 Å². The summed E-state index contributed by atoms with van der Waals surface area (Å²) < 4.78 is 19.0. The molecule has 1 fully saturated rings. The maximum Gasteiger partial charge on any atom is 0.306 e. The van der Waals surface area contributed by atoms with E-state index in [2.05, 4.69) is 15.9 Å². The number of nitrogens with zero attached hydrogens (tertiary/aromatic N) is 1. The molecule has 0 saturated carbocycles. The fraction of sp³-hybridized carbons (Fsp3) is 0.500. The molecular weight excluding hydrogens is 369 g/mol. The molecule has 23 heavy (non-hydrogen) atoms. The van der Waals surface area contributed by atoms with Crippen molar-refractivity contribution in [3.05, 3.63) is 34.1 Å². The minimum Gasteiger partial charge on any atom is -0.481 e. The molecule has 1 aliphatic rings. The second-order valence-electron chi connectivity index (χ2n) is 5.73. The first-order chi connectivity index (χ1) is 10.9. The zero-order valence-corrected chi connectivity index (χ0v) is 14.4. The molecule has 126 valence electrons. The molecular formula is C16H19BrFNO4. The molecule has 5 nitrogen and oxygen atoms in total. The molecule has 0 spiro atoms. The average Bonchev–Trinajstić information content (AvgIpc) is 2.49. The van der Waals surface area contributed by atoms with Crippen LogP contribution in [0.4, 0.5) is 4.39 Å². The summed E-state index contributed by atoms with van der Waals surface area (Å²) in [6, 6.07) is 4.70. The number of ether oxygens (including phenoxy) is 1. The molecule has 7 heteroatoms.